The molecule has 156 valence electrons. The fraction of sp³-hybridized carbons (Fsp3) is 0.208. The lowest BCUT2D eigenvalue weighted by Gasteiger charge is -2.14. The van der Waals surface area contributed by atoms with Gasteiger partial charge in [-0.05, 0) is 67.9 Å². The van der Waals surface area contributed by atoms with Crippen molar-refractivity contribution in [3.8, 4) is 17.2 Å². The molecule has 0 unspecified atom stereocenters. The number of hydrogen-bond acceptors (Lipinski definition) is 4. The first-order valence-corrected chi connectivity index (χ1v) is 10.5. The zero-order chi connectivity index (χ0) is 21.3. The van der Waals surface area contributed by atoms with E-state index < -0.39 is 0 Å². The van der Waals surface area contributed by atoms with Gasteiger partial charge in [0, 0.05) is 15.7 Å². The average molecular weight is 470 g/mol. The summed E-state index contributed by atoms with van der Waals surface area (Å²) >= 11 is 3.46. The van der Waals surface area contributed by atoms with Crippen molar-refractivity contribution in [1.29, 1.82) is 0 Å². The lowest BCUT2D eigenvalue weighted by Crippen LogP contribution is -2.13. The number of nitrogens with one attached hydrogen (secondary N) is 1. The summed E-state index contributed by atoms with van der Waals surface area (Å²) in [4.78, 5) is 12.7. The number of para-hydroxylation sites is 1. The highest BCUT2D eigenvalue weighted by Gasteiger charge is 2.12. The Morgan fingerprint density at radius 1 is 0.900 bits per heavy atom. The van der Waals surface area contributed by atoms with Gasteiger partial charge in [0.1, 0.15) is 19.0 Å². The maximum atomic E-state index is 12.7. The number of aryl methyl sites for hydroxylation is 1. The Bertz CT molecular complexity index is 992. The Morgan fingerprint density at radius 2 is 1.67 bits per heavy atom. The van der Waals surface area contributed by atoms with Crippen LogP contribution in [0, 0.1) is 6.92 Å². The quantitative estimate of drug-likeness (QED) is 0.398. The first kappa shape index (κ1) is 21.7. The molecular formula is C24H24BrNO4. The molecule has 3 aromatic carbocycles. The summed E-state index contributed by atoms with van der Waals surface area (Å²) in [5.74, 6) is 1.68. The lowest BCUT2D eigenvalue weighted by molar-refractivity contribution is 0.102. The van der Waals surface area contributed by atoms with Gasteiger partial charge in [-0.1, -0.05) is 34.1 Å². The molecule has 3 aromatic rings. The predicted molar refractivity (Wildman–Crippen MR) is 122 cm³/mol. The molecule has 0 heterocycles. The van der Waals surface area contributed by atoms with Crippen molar-refractivity contribution in [1.82, 2.24) is 0 Å². The van der Waals surface area contributed by atoms with Crippen LogP contribution in [0.3, 0.4) is 0 Å². The second-order valence-electron chi connectivity index (χ2n) is 6.52. The second-order valence-corrected chi connectivity index (χ2v) is 7.38. The number of amides is 1. The van der Waals surface area contributed by atoms with Gasteiger partial charge in [0.05, 0.1) is 6.61 Å². The van der Waals surface area contributed by atoms with Crippen LogP contribution in [0.1, 0.15) is 22.8 Å². The van der Waals surface area contributed by atoms with Gasteiger partial charge in [-0.15, -0.1) is 0 Å². The second kappa shape index (κ2) is 10.7. The molecule has 0 aliphatic rings. The fourth-order valence-corrected chi connectivity index (χ4v) is 3.04. The summed E-state index contributed by atoms with van der Waals surface area (Å²) in [6.45, 7) is 5.09. The minimum absolute atomic E-state index is 0.211. The van der Waals surface area contributed by atoms with E-state index in [-0.39, 0.29) is 5.91 Å². The Hall–Kier alpha value is -2.99. The molecule has 0 atom stereocenters. The molecule has 1 N–H and O–H groups in total. The standard InChI is InChI=1S/C24H24BrNO4/c1-3-28-23-16-18(24(27)26-19-10-11-21(25)17(2)15-19)9-12-22(23)30-14-13-29-20-7-5-4-6-8-20/h4-12,15-16H,3,13-14H2,1-2H3,(H,26,27). The van der Waals surface area contributed by atoms with Gasteiger partial charge in [0.15, 0.2) is 11.5 Å². The molecule has 5 nitrogen and oxygen atoms in total. The highest BCUT2D eigenvalue weighted by atomic mass is 79.9. The van der Waals surface area contributed by atoms with Crippen molar-refractivity contribution in [3.63, 3.8) is 0 Å². The topological polar surface area (TPSA) is 56.8 Å². The monoisotopic (exact) mass is 469 g/mol. The first-order chi connectivity index (χ1) is 14.6. The number of hydrogen-bond donors (Lipinski definition) is 1. The molecule has 0 aliphatic heterocycles. The molecule has 0 bridgehead atoms. The number of ether oxygens (including phenoxy) is 3. The number of carbonyl (C=O) groups is 1. The molecule has 0 radical (unpaired) electrons. The third-order valence-corrected chi connectivity index (χ3v) is 5.16. The van der Waals surface area contributed by atoms with E-state index in [9.17, 15) is 4.79 Å². The molecule has 0 aromatic heterocycles. The minimum atomic E-state index is -0.211. The van der Waals surface area contributed by atoms with Gasteiger partial charge in [-0.2, -0.15) is 0 Å². The fourth-order valence-electron chi connectivity index (χ4n) is 2.79. The van der Waals surface area contributed by atoms with Crippen LogP contribution in [0.15, 0.2) is 71.2 Å². The zero-order valence-electron chi connectivity index (χ0n) is 17.0. The van der Waals surface area contributed by atoms with E-state index in [0.29, 0.717) is 36.9 Å². The molecule has 0 fully saturated rings. The molecule has 3 rings (SSSR count). The van der Waals surface area contributed by atoms with Crippen LogP contribution in [0.5, 0.6) is 17.2 Å². The van der Waals surface area contributed by atoms with E-state index in [1.807, 2.05) is 62.4 Å². The zero-order valence-corrected chi connectivity index (χ0v) is 18.6. The van der Waals surface area contributed by atoms with Crippen molar-refractivity contribution in [2.75, 3.05) is 25.1 Å². The number of rotatable bonds is 9. The van der Waals surface area contributed by atoms with Gasteiger partial charge < -0.3 is 19.5 Å². The SMILES string of the molecule is CCOc1cc(C(=O)Nc2ccc(Br)c(C)c2)ccc1OCCOc1ccccc1. The molecule has 0 saturated heterocycles. The van der Waals surface area contributed by atoms with Crippen molar-refractivity contribution in [3.05, 3.63) is 82.3 Å². The number of halogens is 1. The average Bonchev–Trinajstić information content (AvgIpc) is 2.75. The summed E-state index contributed by atoms with van der Waals surface area (Å²) in [5.41, 5.74) is 2.27. The molecule has 0 aliphatic carbocycles. The van der Waals surface area contributed by atoms with E-state index in [2.05, 4.69) is 21.2 Å². The predicted octanol–water partition coefficient (Wildman–Crippen LogP) is 5.87. The van der Waals surface area contributed by atoms with Crippen molar-refractivity contribution >= 4 is 27.5 Å². The van der Waals surface area contributed by atoms with Crippen LogP contribution >= 0.6 is 15.9 Å². The molecule has 6 heteroatoms. The summed E-state index contributed by atoms with van der Waals surface area (Å²) in [7, 11) is 0. The lowest BCUT2D eigenvalue weighted by atomic mass is 10.1. The van der Waals surface area contributed by atoms with Gasteiger partial charge in [-0.3, -0.25) is 4.79 Å². The van der Waals surface area contributed by atoms with Crippen LogP contribution < -0.4 is 19.5 Å². The maximum Gasteiger partial charge on any atom is 0.255 e. The maximum absolute atomic E-state index is 12.7. The largest absolute Gasteiger partial charge is 0.490 e. The Balaban J connectivity index is 1.63. The Labute approximate surface area is 185 Å². The number of carbonyl (C=O) groups excluding carboxylic acids is 1. The van der Waals surface area contributed by atoms with Gasteiger partial charge >= 0.3 is 0 Å². The Morgan fingerprint density at radius 3 is 2.40 bits per heavy atom. The van der Waals surface area contributed by atoms with Crippen LogP contribution in [-0.2, 0) is 0 Å². The highest BCUT2D eigenvalue weighted by Crippen LogP contribution is 2.29. The van der Waals surface area contributed by atoms with Crippen molar-refractivity contribution in [2.45, 2.75) is 13.8 Å². The van der Waals surface area contributed by atoms with E-state index in [1.54, 1.807) is 18.2 Å². The molecule has 1 amide bonds. The van der Waals surface area contributed by atoms with Crippen molar-refractivity contribution < 1.29 is 19.0 Å². The normalized spacial score (nSPS) is 10.4. The first-order valence-electron chi connectivity index (χ1n) is 9.72. The summed E-state index contributed by atoms with van der Waals surface area (Å²) in [5, 5.41) is 2.91. The van der Waals surface area contributed by atoms with Crippen LogP contribution in [0.4, 0.5) is 5.69 Å². The van der Waals surface area contributed by atoms with Crippen LogP contribution in [-0.4, -0.2) is 25.7 Å². The third-order valence-electron chi connectivity index (χ3n) is 4.27. The summed E-state index contributed by atoms with van der Waals surface area (Å²) < 4.78 is 18.1. The smallest absolute Gasteiger partial charge is 0.255 e. The molecule has 30 heavy (non-hydrogen) atoms. The van der Waals surface area contributed by atoms with E-state index in [4.69, 9.17) is 14.2 Å². The Kier molecular flexibility index (Phi) is 7.74. The molecule has 0 saturated carbocycles. The minimum Gasteiger partial charge on any atom is -0.490 e. The van der Waals surface area contributed by atoms with E-state index >= 15 is 0 Å². The van der Waals surface area contributed by atoms with Gasteiger partial charge in [0.2, 0.25) is 0 Å². The van der Waals surface area contributed by atoms with E-state index in [1.165, 1.54) is 0 Å². The van der Waals surface area contributed by atoms with Crippen LogP contribution in [0.2, 0.25) is 0 Å². The van der Waals surface area contributed by atoms with Gasteiger partial charge in [0.25, 0.3) is 5.91 Å². The van der Waals surface area contributed by atoms with Crippen molar-refractivity contribution in [2.24, 2.45) is 0 Å². The molecule has 0 spiro atoms. The van der Waals surface area contributed by atoms with Crippen LogP contribution in [0.25, 0.3) is 0 Å². The molecular weight excluding hydrogens is 446 g/mol. The third kappa shape index (κ3) is 6.00. The summed E-state index contributed by atoms with van der Waals surface area (Å²) in [6.07, 6.45) is 0. The van der Waals surface area contributed by atoms with Gasteiger partial charge in [-0.25, -0.2) is 0 Å². The summed E-state index contributed by atoms with van der Waals surface area (Å²) in [6, 6.07) is 20.4. The number of benzene rings is 3. The number of anilines is 1. The highest BCUT2D eigenvalue weighted by molar-refractivity contribution is 9.10. The van der Waals surface area contributed by atoms with E-state index in [0.717, 1.165) is 21.5 Å².